The Morgan fingerprint density at radius 2 is 1.86 bits per heavy atom. The van der Waals surface area contributed by atoms with E-state index in [-0.39, 0.29) is 0 Å². The number of sulfonamides is 1. The highest BCUT2D eigenvalue weighted by Gasteiger charge is 2.21. The number of nitrogens with one attached hydrogen (secondary N) is 2. The molecule has 1 heterocycles. The van der Waals surface area contributed by atoms with Gasteiger partial charge in [0, 0.05) is 20.4 Å². The van der Waals surface area contributed by atoms with Gasteiger partial charge in [-0.15, -0.1) is 11.3 Å². The summed E-state index contributed by atoms with van der Waals surface area (Å²) in [6, 6.07) is 7.03. The monoisotopic (exact) mass is 452 g/mol. The molecule has 2 rings (SSSR count). The van der Waals surface area contributed by atoms with Crippen molar-refractivity contribution in [2.24, 2.45) is 0 Å². The van der Waals surface area contributed by atoms with Crippen molar-refractivity contribution in [3.63, 3.8) is 0 Å². The Balaban J connectivity index is 2.33. The molecule has 2 aromatic rings. The Morgan fingerprint density at radius 3 is 2.48 bits per heavy atom. The second-order valence-corrected chi connectivity index (χ2v) is 8.55. The van der Waals surface area contributed by atoms with Crippen LogP contribution in [0.15, 0.2) is 43.5 Å². The van der Waals surface area contributed by atoms with Crippen molar-refractivity contribution < 1.29 is 8.42 Å². The molecule has 1 aromatic carbocycles. The summed E-state index contributed by atoms with van der Waals surface area (Å²) in [4.78, 5) is 1.11. The van der Waals surface area contributed by atoms with Crippen LogP contribution in [0.4, 0.5) is 5.69 Å². The van der Waals surface area contributed by atoms with E-state index in [1.807, 2.05) is 13.0 Å². The third kappa shape index (κ3) is 4.07. The van der Waals surface area contributed by atoms with E-state index in [4.69, 9.17) is 0 Å². The second kappa shape index (κ2) is 7.23. The van der Waals surface area contributed by atoms with E-state index in [2.05, 4.69) is 41.9 Å². The lowest BCUT2D eigenvalue weighted by molar-refractivity contribution is 0.599. The van der Waals surface area contributed by atoms with Crippen LogP contribution < -0.4 is 10.0 Å². The molecule has 0 atom stereocenters. The molecule has 0 saturated carbocycles. The van der Waals surface area contributed by atoms with Crippen LogP contribution in [0, 0.1) is 0 Å². The first-order valence-electron chi connectivity index (χ1n) is 6.19. The Hall–Kier alpha value is -0.410. The minimum atomic E-state index is -3.62. The number of thiophene rings is 1. The van der Waals surface area contributed by atoms with Crippen molar-refractivity contribution >= 4 is 58.9 Å². The highest BCUT2D eigenvalue weighted by atomic mass is 79.9. The first kappa shape index (κ1) is 17.0. The fraction of sp³-hybridized carbons (Fsp3) is 0.231. The largest absolute Gasteiger partial charge is 0.312 e. The van der Waals surface area contributed by atoms with E-state index in [1.54, 1.807) is 23.6 Å². The third-order valence-electron chi connectivity index (χ3n) is 2.73. The van der Waals surface area contributed by atoms with Crippen LogP contribution in [-0.2, 0) is 16.6 Å². The molecule has 0 aliphatic heterocycles. The zero-order chi connectivity index (χ0) is 15.5. The molecule has 8 heteroatoms. The molecule has 0 spiro atoms. The van der Waals surface area contributed by atoms with Crippen molar-refractivity contribution in [2.75, 3.05) is 11.3 Å². The standard InChI is InChI=1S/C13H14Br2N2O2S2/c1-2-16-8-11-12(6-7-20-11)21(18,19)17-13-9(14)4-3-5-10(13)15/h3-7,16-17H,2,8H2,1H3. The van der Waals surface area contributed by atoms with Crippen LogP contribution in [0.2, 0.25) is 0 Å². The van der Waals surface area contributed by atoms with Gasteiger partial charge in [0.1, 0.15) is 4.90 Å². The molecule has 21 heavy (non-hydrogen) atoms. The number of hydrogen-bond donors (Lipinski definition) is 2. The van der Waals surface area contributed by atoms with Gasteiger partial charge in [-0.1, -0.05) is 13.0 Å². The Bertz CT molecular complexity index is 709. The quantitative estimate of drug-likeness (QED) is 0.689. The molecule has 0 bridgehead atoms. The molecule has 0 fully saturated rings. The fourth-order valence-corrected chi connectivity index (χ4v) is 5.69. The first-order chi connectivity index (χ1) is 9.95. The van der Waals surface area contributed by atoms with Crippen molar-refractivity contribution in [1.82, 2.24) is 5.32 Å². The molecule has 114 valence electrons. The third-order valence-corrected chi connectivity index (χ3v) is 6.53. The summed E-state index contributed by atoms with van der Waals surface area (Å²) in [6.45, 7) is 3.32. The zero-order valence-electron chi connectivity index (χ0n) is 11.2. The molecule has 4 nitrogen and oxygen atoms in total. The van der Waals surface area contributed by atoms with Crippen LogP contribution in [0.5, 0.6) is 0 Å². The van der Waals surface area contributed by atoms with Crippen LogP contribution >= 0.6 is 43.2 Å². The number of benzene rings is 1. The van der Waals surface area contributed by atoms with E-state index in [1.165, 1.54) is 11.3 Å². The van der Waals surface area contributed by atoms with Crippen LogP contribution in [-0.4, -0.2) is 15.0 Å². The van der Waals surface area contributed by atoms with Gasteiger partial charge >= 0.3 is 0 Å². The highest BCUT2D eigenvalue weighted by molar-refractivity contribution is 9.11. The summed E-state index contributed by atoms with van der Waals surface area (Å²) in [5.41, 5.74) is 0.498. The van der Waals surface area contributed by atoms with Gasteiger partial charge in [0.05, 0.1) is 5.69 Å². The molecule has 0 amide bonds. The van der Waals surface area contributed by atoms with Gasteiger partial charge in [-0.05, 0) is 62.0 Å². The minimum Gasteiger partial charge on any atom is -0.312 e. The maximum absolute atomic E-state index is 12.6. The van der Waals surface area contributed by atoms with Gasteiger partial charge in [-0.25, -0.2) is 8.42 Å². The second-order valence-electron chi connectivity index (χ2n) is 4.19. The summed E-state index contributed by atoms with van der Waals surface area (Å²) in [5, 5.41) is 4.94. The van der Waals surface area contributed by atoms with Crippen molar-refractivity contribution in [2.45, 2.75) is 18.4 Å². The molecule has 0 aliphatic carbocycles. The average Bonchev–Trinajstić information content (AvgIpc) is 2.90. The summed E-state index contributed by atoms with van der Waals surface area (Å²) in [5.74, 6) is 0. The Kier molecular flexibility index (Phi) is 5.84. The van der Waals surface area contributed by atoms with Gasteiger partial charge in [-0.3, -0.25) is 4.72 Å². The molecule has 0 unspecified atom stereocenters. The maximum atomic E-state index is 12.6. The zero-order valence-corrected chi connectivity index (χ0v) is 16.0. The van der Waals surface area contributed by atoms with Crippen LogP contribution in [0.1, 0.15) is 11.8 Å². The highest BCUT2D eigenvalue weighted by Crippen LogP contribution is 2.33. The van der Waals surface area contributed by atoms with Gasteiger partial charge in [0.25, 0.3) is 10.0 Å². The summed E-state index contributed by atoms with van der Waals surface area (Å²) >= 11 is 8.14. The topological polar surface area (TPSA) is 58.2 Å². The fourth-order valence-electron chi connectivity index (χ4n) is 1.72. The Morgan fingerprint density at radius 1 is 1.19 bits per heavy atom. The van der Waals surface area contributed by atoms with Gasteiger partial charge in [-0.2, -0.15) is 0 Å². The molecule has 0 saturated heterocycles. The normalized spacial score (nSPS) is 11.6. The molecule has 1 aromatic heterocycles. The van der Waals surface area contributed by atoms with Gasteiger partial charge in [0.2, 0.25) is 0 Å². The van der Waals surface area contributed by atoms with E-state index in [9.17, 15) is 8.42 Å². The molecular formula is C13H14Br2N2O2S2. The number of anilines is 1. The van der Waals surface area contributed by atoms with Gasteiger partial charge in [0.15, 0.2) is 0 Å². The summed E-state index contributed by atoms with van der Waals surface area (Å²) in [7, 11) is -3.62. The van der Waals surface area contributed by atoms with Crippen LogP contribution in [0.3, 0.4) is 0 Å². The number of rotatable bonds is 6. The first-order valence-corrected chi connectivity index (χ1v) is 10.1. The van der Waals surface area contributed by atoms with Crippen molar-refractivity contribution in [3.8, 4) is 0 Å². The van der Waals surface area contributed by atoms with Crippen LogP contribution in [0.25, 0.3) is 0 Å². The lowest BCUT2D eigenvalue weighted by atomic mass is 10.3. The van der Waals surface area contributed by atoms with Gasteiger partial charge < -0.3 is 5.32 Å². The van der Waals surface area contributed by atoms with E-state index >= 15 is 0 Å². The lowest BCUT2D eigenvalue weighted by Crippen LogP contribution is -2.17. The Labute approximate surface area is 145 Å². The SMILES string of the molecule is CCNCc1sccc1S(=O)(=O)Nc1c(Br)cccc1Br. The summed E-state index contributed by atoms with van der Waals surface area (Å²) < 4.78 is 29.2. The molecule has 0 radical (unpaired) electrons. The number of para-hydroxylation sites is 1. The average molecular weight is 454 g/mol. The van der Waals surface area contributed by atoms with E-state index in [0.29, 0.717) is 26.1 Å². The summed E-state index contributed by atoms with van der Waals surface area (Å²) in [6.07, 6.45) is 0. The lowest BCUT2D eigenvalue weighted by Gasteiger charge is -2.12. The minimum absolute atomic E-state index is 0.316. The van der Waals surface area contributed by atoms with E-state index < -0.39 is 10.0 Å². The van der Waals surface area contributed by atoms with Crippen molar-refractivity contribution in [3.05, 3.63) is 43.5 Å². The molecule has 2 N–H and O–H groups in total. The van der Waals surface area contributed by atoms with E-state index in [0.717, 1.165) is 11.4 Å². The predicted octanol–water partition coefficient (Wildman–Crippen LogP) is 4.18. The molecule has 0 aliphatic rings. The van der Waals surface area contributed by atoms with Crippen molar-refractivity contribution in [1.29, 1.82) is 0 Å². The predicted molar refractivity (Wildman–Crippen MR) is 94.4 cm³/mol. The number of halogens is 2. The maximum Gasteiger partial charge on any atom is 0.263 e. The smallest absolute Gasteiger partial charge is 0.263 e. The molecular weight excluding hydrogens is 440 g/mol. The number of hydrogen-bond acceptors (Lipinski definition) is 4.